The van der Waals surface area contributed by atoms with E-state index in [1.807, 2.05) is 0 Å². The number of hydrogen-bond donors (Lipinski definition) is 4. The number of amides is 2. The number of carbonyl (C=O) groups is 3. The van der Waals surface area contributed by atoms with E-state index < -0.39 is 40.0 Å². The fourth-order valence-corrected chi connectivity index (χ4v) is 3.28. The lowest BCUT2D eigenvalue weighted by Gasteiger charge is -2.22. The Balaban J connectivity index is 1.94. The number of esters is 1. The molecule has 2 aromatic carbocycles. The van der Waals surface area contributed by atoms with Gasteiger partial charge in [0.05, 0.1) is 11.5 Å². The Bertz CT molecular complexity index is 1040. The van der Waals surface area contributed by atoms with E-state index >= 15 is 0 Å². The molecule has 0 aliphatic carbocycles. The fraction of sp³-hybridized carbons (Fsp3) is 0.286. The Morgan fingerprint density at radius 3 is 2.16 bits per heavy atom. The highest BCUT2D eigenvalue weighted by molar-refractivity contribution is 7.89. The molecular formula is C21H25N3O7S. The summed E-state index contributed by atoms with van der Waals surface area (Å²) in [6, 6.07) is 12.2. The van der Waals surface area contributed by atoms with Crippen molar-refractivity contribution in [3.63, 3.8) is 0 Å². The van der Waals surface area contributed by atoms with Crippen molar-refractivity contribution in [2.45, 2.75) is 36.8 Å². The van der Waals surface area contributed by atoms with E-state index in [9.17, 15) is 27.9 Å². The van der Waals surface area contributed by atoms with Gasteiger partial charge in [-0.2, -0.15) is 0 Å². The number of benzene rings is 2. The summed E-state index contributed by atoms with van der Waals surface area (Å²) in [5.41, 5.74) is 0.748. The van der Waals surface area contributed by atoms with Gasteiger partial charge in [0.15, 0.2) is 6.04 Å². The minimum absolute atomic E-state index is 0.0688. The highest BCUT2D eigenvalue weighted by Crippen LogP contribution is 2.18. The minimum atomic E-state index is -3.84. The number of sulfonamides is 1. The molecule has 0 aliphatic heterocycles. The lowest BCUT2D eigenvalue weighted by atomic mass is 10.0. The van der Waals surface area contributed by atoms with Crippen LogP contribution in [0.1, 0.15) is 31.4 Å². The largest absolute Gasteiger partial charge is 0.464 e. The zero-order valence-electron chi connectivity index (χ0n) is 17.4. The molecule has 0 spiro atoms. The van der Waals surface area contributed by atoms with Crippen molar-refractivity contribution in [1.82, 2.24) is 5.32 Å². The Labute approximate surface area is 185 Å². The van der Waals surface area contributed by atoms with Crippen molar-refractivity contribution in [2.75, 3.05) is 11.9 Å². The third kappa shape index (κ3) is 7.45. The van der Waals surface area contributed by atoms with E-state index in [1.54, 1.807) is 37.3 Å². The summed E-state index contributed by atoms with van der Waals surface area (Å²) in [5.74, 6) is -1.92. The second-order valence-corrected chi connectivity index (χ2v) is 8.33. The first kappa shape index (κ1) is 25.0. The van der Waals surface area contributed by atoms with Gasteiger partial charge in [0.2, 0.25) is 21.8 Å². The Morgan fingerprint density at radius 2 is 1.59 bits per heavy atom. The van der Waals surface area contributed by atoms with E-state index in [0.717, 1.165) is 0 Å². The number of primary sulfonamides is 1. The molecule has 0 saturated heterocycles. The van der Waals surface area contributed by atoms with Gasteiger partial charge in [-0.1, -0.05) is 30.3 Å². The summed E-state index contributed by atoms with van der Waals surface area (Å²) in [6.45, 7) is 1.67. The summed E-state index contributed by atoms with van der Waals surface area (Å²) in [5, 5.41) is 20.5. The predicted molar refractivity (Wildman–Crippen MR) is 116 cm³/mol. The maximum Gasteiger partial charge on any atom is 0.331 e. The van der Waals surface area contributed by atoms with Gasteiger partial charge in [0, 0.05) is 18.5 Å². The van der Waals surface area contributed by atoms with Crippen LogP contribution in [0.2, 0.25) is 0 Å². The molecule has 2 rings (SSSR count). The van der Waals surface area contributed by atoms with Crippen molar-refractivity contribution in [3.05, 3.63) is 60.2 Å². The van der Waals surface area contributed by atoms with E-state index in [1.165, 1.54) is 24.3 Å². The SMILES string of the molecule is CCOC(=O)[C@H](NC(=O)CCC(=O)Nc1ccc(S(N)(=O)=O)cc1)[C@@H](O)c1ccccc1. The molecule has 0 fully saturated rings. The van der Waals surface area contributed by atoms with E-state index in [4.69, 9.17) is 9.88 Å². The number of ether oxygens (including phenoxy) is 1. The Hall–Kier alpha value is -3.28. The van der Waals surface area contributed by atoms with Gasteiger partial charge in [0.25, 0.3) is 0 Å². The molecule has 2 amide bonds. The number of nitrogens with two attached hydrogens (primary N) is 1. The van der Waals surface area contributed by atoms with Crippen LogP contribution < -0.4 is 15.8 Å². The van der Waals surface area contributed by atoms with E-state index in [0.29, 0.717) is 11.3 Å². The first-order valence-corrected chi connectivity index (χ1v) is 11.3. The third-order valence-electron chi connectivity index (χ3n) is 4.36. The number of nitrogens with one attached hydrogen (secondary N) is 2. The summed E-state index contributed by atoms with van der Waals surface area (Å²) >= 11 is 0. The molecule has 11 heteroatoms. The monoisotopic (exact) mass is 463 g/mol. The van der Waals surface area contributed by atoms with Crippen molar-refractivity contribution in [3.8, 4) is 0 Å². The second kappa shape index (κ2) is 11.4. The van der Waals surface area contributed by atoms with Gasteiger partial charge < -0.3 is 20.5 Å². The molecule has 172 valence electrons. The van der Waals surface area contributed by atoms with Gasteiger partial charge >= 0.3 is 5.97 Å². The topological polar surface area (TPSA) is 165 Å². The van der Waals surface area contributed by atoms with Crippen LogP contribution in [-0.4, -0.2) is 44.0 Å². The lowest BCUT2D eigenvalue weighted by Crippen LogP contribution is -2.46. The molecule has 10 nitrogen and oxygen atoms in total. The number of aliphatic hydroxyl groups is 1. The quantitative estimate of drug-likeness (QED) is 0.379. The minimum Gasteiger partial charge on any atom is -0.464 e. The van der Waals surface area contributed by atoms with E-state index in [-0.39, 0.29) is 24.3 Å². The summed E-state index contributed by atoms with van der Waals surface area (Å²) < 4.78 is 27.5. The molecule has 2 atom stereocenters. The molecule has 0 aromatic heterocycles. The normalized spacial score (nSPS) is 13.0. The maximum absolute atomic E-state index is 12.3. The maximum atomic E-state index is 12.3. The fourth-order valence-electron chi connectivity index (χ4n) is 2.77. The molecular weight excluding hydrogens is 438 g/mol. The third-order valence-corrected chi connectivity index (χ3v) is 5.29. The van der Waals surface area contributed by atoms with Crippen molar-refractivity contribution < 1.29 is 32.6 Å². The smallest absolute Gasteiger partial charge is 0.331 e. The van der Waals surface area contributed by atoms with Gasteiger partial charge in [-0.15, -0.1) is 0 Å². The molecule has 0 unspecified atom stereocenters. The molecule has 2 aromatic rings. The van der Waals surface area contributed by atoms with Crippen LogP contribution in [-0.2, 0) is 29.1 Å². The number of carbonyl (C=O) groups excluding carboxylic acids is 3. The Kier molecular flexibility index (Phi) is 8.88. The van der Waals surface area contributed by atoms with Crippen LogP contribution in [0.25, 0.3) is 0 Å². The van der Waals surface area contributed by atoms with Crippen LogP contribution in [0.3, 0.4) is 0 Å². The standard InChI is InChI=1S/C21H25N3O7S/c1-2-31-21(28)19(20(27)14-6-4-3-5-7-14)24-18(26)13-12-17(25)23-15-8-10-16(11-9-15)32(22,29)30/h3-11,19-20,27H,2,12-13H2,1H3,(H,23,25)(H,24,26)(H2,22,29,30)/t19-,20+/m1/s1. The lowest BCUT2D eigenvalue weighted by molar-refractivity contribution is -0.151. The summed E-state index contributed by atoms with van der Waals surface area (Å²) in [4.78, 5) is 36.6. The first-order chi connectivity index (χ1) is 15.1. The highest BCUT2D eigenvalue weighted by Gasteiger charge is 2.31. The average molecular weight is 464 g/mol. The molecule has 5 N–H and O–H groups in total. The van der Waals surface area contributed by atoms with Crippen molar-refractivity contribution in [2.24, 2.45) is 5.14 Å². The van der Waals surface area contributed by atoms with Gasteiger partial charge in [0.1, 0.15) is 6.10 Å². The zero-order valence-corrected chi connectivity index (χ0v) is 18.2. The van der Waals surface area contributed by atoms with Crippen LogP contribution in [0, 0.1) is 0 Å². The molecule has 0 radical (unpaired) electrons. The molecule has 0 bridgehead atoms. The van der Waals surface area contributed by atoms with Crippen LogP contribution >= 0.6 is 0 Å². The second-order valence-electron chi connectivity index (χ2n) is 6.77. The highest BCUT2D eigenvalue weighted by atomic mass is 32.2. The number of hydrogen-bond acceptors (Lipinski definition) is 7. The average Bonchev–Trinajstić information content (AvgIpc) is 2.76. The van der Waals surface area contributed by atoms with Gasteiger partial charge in [-0.05, 0) is 36.8 Å². The Morgan fingerprint density at radius 1 is 1.00 bits per heavy atom. The predicted octanol–water partition coefficient (Wildman–Crippen LogP) is 0.834. The number of anilines is 1. The van der Waals surface area contributed by atoms with E-state index in [2.05, 4.69) is 10.6 Å². The van der Waals surface area contributed by atoms with Crippen LogP contribution in [0.15, 0.2) is 59.5 Å². The van der Waals surface area contributed by atoms with Crippen LogP contribution in [0.4, 0.5) is 5.69 Å². The van der Waals surface area contributed by atoms with Crippen molar-refractivity contribution in [1.29, 1.82) is 0 Å². The molecule has 0 aliphatic rings. The molecule has 0 saturated carbocycles. The summed E-state index contributed by atoms with van der Waals surface area (Å²) in [7, 11) is -3.84. The van der Waals surface area contributed by atoms with Gasteiger partial charge in [-0.25, -0.2) is 18.4 Å². The first-order valence-electron chi connectivity index (χ1n) is 9.73. The number of aliphatic hydroxyl groups excluding tert-OH is 1. The molecule has 0 heterocycles. The summed E-state index contributed by atoms with van der Waals surface area (Å²) in [6.07, 6.45) is -1.79. The van der Waals surface area contributed by atoms with Crippen LogP contribution in [0.5, 0.6) is 0 Å². The number of rotatable bonds is 10. The zero-order chi connectivity index (χ0) is 23.7. The van der Waals surface area contributed by atoms with Gasteiger partial charge in [-0.3, -0.25) is 9.59 Å². The van der Waals surface area contributed by atoms with Crippen molar-refractivity contribution >= 4 is 33.5 Å². The molecule has 32 heavy (non-hydrogen) atoms.